The second-order valence-electron chi connectivity index (χ2n) is 4.33. The molecule has 0 radical (unpaired) electrons. The van der Waals surface area contributed by atoms with Crippen molar-refractivity contribution in [3.63, 3.8) is 0 Å². The zero-order chi connectivity index (χ0) is 15.2. The maximum atomic E-state index is 13.8. The van der Waals surface area contributed by atoms with E-state index in [1.165, 1.54) is 6.07 Å². The molecule has 0 aliphatic rings. The monoisotopic (exact) mass is 307 g/mol. The molecule has 2 aromatic carbocycles. The molecule has 0 heterocycles. The molecule has 0 aliphatic carbocycles. The number of hydrogen-bond acceptors (Lipinski definition) is 3. The first-order valence-electron chi connectivity index (χ1n) is 6.55. The second kappa shape index (κ2) is 7.09. The third-order valence-electron chi connectivity index (χ3n) is 2.91. The van der Waals surface area contributed by atoms with E-state index in [2.05, 4.69) is 5.32 Å². The van der Waals surface area contributed by atoms with Crippen LogP contribution in [0.25, 0.3) is 0 Å². The van der Waals surface area contributed by atoms with Crippen LogP contribution < -0.4 is 5.32 Å². The zero-order valence-electron chi connectivity index (χ0n) is 11.5. The lowest BCUT2D eigenvalue weighted by molar-refractivity contribution is -0.144. The number of anilines is 1. The second-order valence-corrected chi connectivity index (χ2v) is 4.74. The highest BCUT2D eigenvalue weighted by Crippen LogP contribution is 2.28. The summed E-state index contributed by atoms with van der Waals surface area (Å²) in [5.41, 5.74) is 0.761. The lowest BCUT2D eigenvalue weighted by atomic mass is 10.1. The molecule has 21 heavy (non-hydrogen) atoms. The number of carbonyl (C=O) groups excluding carboxylic acids is 1. The topological polar surface area (TPSA) is 38.3 Å². The Bertz CT molecular complexity index is 633. The van der Waals surface area contributed by atoms with Gasteiger partial charge in [-0.15, -0.1) is 0 Å². The number of carbonyl (C=O) groups is 1. The van der Waals surface area contributed by atoms with Gasteiger partial charge in [-0.1, -0.05) is 41.9 Å². The van der Waals surface area contributed by atoms with Gasteiger partial charge in [0.05, 0.1) is 12.3 Å². The van der Waals surface area contributed by atoms with Gasteiger partial charge in [0.2, 0.25) is 0 Å². The van der Waals surface area contributed by atoms with E-state index in [0.717, 1.165) is 0 Å². The van der Waals surface area contributed by atoms with Crippen molar-refractivity contribution in [2.45, 2.75) is 13.0 Å². The van der Waals surface area contributed by atoms with Crippen LogP contribution in [0, 0.1) is 5.82 Å². The minimum Gasteiger partial charge on any atom is -0.464 e. The standard InChI is InChI=1S/C16H15ClFNO2/c1-2-21-16(20)15(11-7-3-4-8-12(11)17)19-14-10-6-5-9-13(14)18/h3-10,15,19H,2H2,1H3. The van der Waals surface area contributed by atoms with Gasteiger partial charge in [-0.2, -0.15) is 0 Å². The number of benzene rings is 2. The van der Waals surface area contributed by atoms with Crippen LogP contribution in [0.3, 0.4) is 0 Å². The minimum absolute atomic E-state index is 0.218. The Hall–Kier alpha value is -2.07. The van der Waals surface area contributed by atoms with Crippen molar-refractivity contribution in [1.29, 1.82) is 0 Å². The molecule has 2 aromatic rings. The molecule has 0 fully saturated rings. The summed E-state index contributed by atoms with van der Waals surface area (Å²) in [6.45, 7) is 1.95. The SMILES string of the molecule is CCOC(=O)C(Nc1ccccc1F)c1ccccc1Cl. The summed E-state index contributed by atoms with van der Waals surface area (Å²) in [6, 6.07) is 12.2. The average molecular weight is 308 g/mol. The van der Waals surface area contributed by atoms with Crippen LogP contribution in [0.15, 0.2) is 48.5 Å². The summed E-state index contributed by atoms with van der Waals surface area (Å²) in [6.07, 6.45) is 0. The maximum absolute atomic E-state index is 13.8. The summed E-state index contributed by atoms with van der Waals surface area (Å²) < 4.78 is 18.8. The lowest BCUT2D eigenvalue weighted by Gasteiger charge is -2.20. The van der Waals surface area contributed by atoms with Crippen molar-refractivity contribution in [3.05, 3.63) is 64.9 Å². The number of hydrogen-bond donors (Lipinski definition) is 1. The van der Waals surface area contributed by atoms with Crippen LogP contribution in [-0.2, 0) is 9.53 Å². The molecular formula is C16H15ClFNO2. The number of nitrogens with one attached hydrogen (secondary N) is 1. The van der Waals surface area contributed by atoms with E-state index in [1.807, 2.05) is 0 Å². The molecule has 0 aromatic heterocycles. The van der Waals surface area contributed by atoms with E-state index in [0.29, 0.717) is 10.6 Å². The van der Waals surface area contributed by atoms with E-state index in [1.54, 1.807) is 49.4 Å². The van der Waals surface area contributed by atoms with Gasteiger partial charge >= 0.3 is 5.97 Å². The largest absolute Gasteiger partial charge is 0.464 e. The predicted molar refractivity (Wildman–Crippen MR) is 80.8 cm³/mol. The lowest BCUT2D eigenvalue weighted by Crippen LogP contribution is -2.24. The molecule has 1 unspecified atom stereocenters. The van der Waals surface area contributed by atoms with Gasteiger partial charge < -0.3 is 10.1 Å². The van der Waals surface area contributed by atoms with Gasteiger partial charge in [0, 0.05) is 10.6 Å². The molecule has 0 spiro atoms. The molecule has 0 saturated carbocycles. The first-order chi connectivity index (χ1) is 10.1. The Balaban J connectivity index is 2.36. The Morgan fingerprint density at radius 1 is 1.24 bits per heavy atom. The molecule has 1 N–H and O–H groups in total. The molecule has 1 atom stereocenters. The van der Waals surface area contributed by atoms with Gasteiger partial charge in [-0.25, -0.2) is 9.18 Å². The van der Waals surface area contributed by atoms with E-state index >= 15 is 0 Å². The quantitative estimate of drug-likeness (QED) is 0.842. The molecule has 3 nitrogen and oxygen atoms in total. The number of para-hydroxylation sites is 1. The maximum Gasteiger partial charge on any atom is 0.333 e. The summed E-state index contributed by atoms with van der Waals surface area (Å²) in [5.74, 6) is -0.951. The highest BCUT2D eigenvalue weighted by atomic mass is 35.5. The van der Waals surface area contributed by atoms with Crippen molar-refractivity contribution in [2.75, 3.05) is 11.9 Å². The summed E-state index contributed by atoms with van der Waals surface area (Å²) >= 11 is 6.13. The Kier molecular flexibility index (Phi) is 5.17. The molecule has 5 heteroatoms. The van der Waals surface area contributed by atoms with Gasteiger partial charge in [-0.3, -0.25) is 0 Å². The van der Waals surface area contributed by atoms with Crippen LogP contribution >= 0.6 is 11.6 Å². The Morgan fingerprint density at radius 2 is 1.90 bits per heavy atom. The molecule has 110 valence electrons. The fraction of sp³-hybridized carbons (Fsp3) is 0.188. The van der Waals surface area contributed by atoms with Crippen molar-refractivity contribution in [1.82, 2.24) is 0 Å². The summed E-state index contributed by atoms with van der Waals surface area (Å²) in [7, 11) is 0. The third kappa shape index (κ3) is 3.73. The van der Waals surface area contributed by atoms with Crippen LogP contribution in [-0.4, -0.2) is 12.6 Å². The van der Waals surface area contributed by atoms with E-state index in [9.17, 15) is 9.18 Å². The highest BCUT2D eigenvalue weighted by molar-refractivity contribution is 6.31. The van der Waals surface area contributed by atoms with Crippen LogP contribution in [0.5, 0.6) is 0 Å². The van der Waals surface area contributed by atoms with E-state index in [-0.39, 0.29) is 12.3 Å². The molecule has 2 rings (SSSR count). The van der Waals surface area contributed by atoms with Gasteiger partial charge in [0.25, 0.3) is 0 Å². The predicted octanol–water partition coefficient (Wildman–Crippen LogP) is 4.20. The van der Waals surface area contributed by atoms with E-state index in [4.69, 9.17) is 16.3 Å². The Morgan fingerprint density at radius 3 is 2.57 bits per heavy atom. The first-order valence-corrected chi connectivity index (χ1v) is 6.93. The third-order valence-corrected chi connectivity index (χ3v) is 3.26. The summed E-state index contributed by atoms with van der Waals surface area (Å²) in [4.78, 5) is 12.1. The Labute approximate surface area is 127 Å². The number of halogens is 2. The smallest absolute Gasteiger partial charge is 0.333 e. The number of esters is 1. The number of ether oxygens (including phenoxy) is 1. The normalized spacial score (nSPS) is 11.8. The zero-order valence-corrected chi connectivity index (χ0v) is 12.2. The molecule has 0 bridgehead atoms. The highest BCUT2D eigenvalue weighted by Gasteiger charge is 2.24. The van der Waals surface area contributed by atoms with Crippen LogP contribution in [0.2, 0.25) is 5.02 Å². The van der Waals surface area contributed by atoms with Crippen molar-refractivity contribution in [2.24, 2.45) is 0 Å². The molecule has 0 saturated heterocycles. The van der Waals surface area contributed by atoms with Gasteiger partial charge in [-0.05, 0) is 25.1 Å². The fourth-order valence-electron chi connectivity index (χ4n) is 1.93. The van der Waals surface area contributed by atoms with Gasteiger partial charge in [0.15, 0.2) is 6.04 Å². The van der Waals surface area contributed by atoms with E-state index < -0.39 is 17.8 Å². The average Bonchev–Trinajstić information content (AvgIpc) is 2.48. The molecular weight excluding hydrogens is 293 g/mol. The van der Waals surface area contributed by atoms with Crippen LogP contribution in [0.1, 0.15) is 18.5 Å². The van der Waals surface area contributed by atoms with Crippen molar-refractivity contribution in [3.8, 4) is 0 Å². The first kappa shape index (κ1) is 15.3. The number of rotatable bonds is 5. The molecule has 0 amide bonds. The molecule has 0 aliphatic heterocycles. The van der Waals surface area contributed by atoms with Crippen molar-refractivity contribution >= 4 is 23.3 Å². The van der Waals surface area contributed by atoms with Crippen LogP contribution in [0.4, 0.5) is 10.1 Å². The minimum atomic E-state index is -0.865. The fourth-order valence-corrected chi connectivity index (χ4v) is 2.18. The van der Waals surface area contributed by atoms with Gasteiger partial charge in [0.1, 0.15) is 5.82 Å². The summed E-state index contributed by atoms with van der Waals surface area (Å²) in [5, 5.41) is 3.27. The van der Waals surface area contributed by atoms with Crippen molar-refractivity contribution < 1.29 is 13.9 Å².